The molecule has 2 fully saturated rings. The molecule has 0 N–H and O–H groups in total. The fraction of sp³-hybridized carbons (Fsp3) is 0.333. The van der Waals surface area contributed by atoms with Crippen LogP contribution in [0.4, 0.5) is 5.69 Å². The van der Waals surface area contributed by atoms with E-state index < -0.39 is 0 Å². The molecular formula is C15H14N4O2S. The molecule has 7 heteroatoms. The highest BCUT2D eigenvalue weighted by Gasteiger charge is 2.49. The van der Waals surface area contributed by atoms with E-state index in [9.17, 15) is 9.59 Å². The average Bonchev–Trinajstić information content (AvgIpc) is 3.23. The first-order valence-electron chi connectivity index (χ1n) is 7.17. The minimum Gasteiger partial charge on any atom is -0.332 e. The SMILES string of the molecule is O=C(c1cscn1)N1CC[C@@H]2[C@@H]1CC(=O)N2c1cccnc1. The number of thiazole rings is 1. The van der Waals surface area contributed by atoms with Crippen molar-refractivity contribution in [2.75, 3.05) is 11.4 Å². The van der Waals surface area contributed by atoms with Gasteiger partial charge < -0.3 is 9.80 Å². The van der Waals surface area contributed by atoms with Crippen LogP contribution in [-0.4, -0.2) is 45.3 Å². The number of carbonyl (C=O) groups excluding carboxylic acids is 2. The molecule has 4 rings (SSSR count). The molecule has 2 atom stereocenters. The van der Waals surface area contributed by atoms with Crippen LogP contribution >= 0.6 is 11.3 Å². The summed E-state index contributed by atoms with van der Waals surface area (Å²) in [4.78, 5) is 36.7. The molecule has 0 radical (unpaired) electrons. The standard InChI is InChI=1S/C15H14N4O2S/c20-14-6-13-12(19(14)10-2-1-4-16-7-10)3-5-18(13)15(21)11-8-22-9-17-11/h1-2,4,7-9,12-13H,3,5-6H2/t12-,13+/m1/s1. The largest absolute Gasteiger partial charge is 0.332 e. The summed E-state index contributed by atoms with van der Waals surface area (Å²) in [6.07, 6.45) is 4.55. The van der Waals surface area contributed by atoms with E-state index in [0.717, 1.165) is 12.1 Å². The number of pyridine rings is 1. The molecule has 0 aliphatic carbocycles. The number of rotatable bonds is 2. The first kappa shape index (κ1) is 13.4. The second-order valence-corrected chi connectivity index (χ2v) is 6.19. The predicted octanol–water partition coefficient (Wildman–Crippen LogP) is 1.56. The summed E-state index contributed by atoms with van der Waals surface area (Å²) in [5.74, 6) is -0.0200. The third-order valence-electron chi connectivity index (χ3n) is 4.33. The number of carbonyl (C=O) groups is 2. The zero-order valence-electron chi connectivity index (χ0n) is 11.8. The molecule has 2 aliphatic heterocycles. The number of nitrogens with zero attached hydrogens (tertiary/aromatic N) is 4. The average molecular weight is 314 g/mol. The Labute approximate surface area is 131 Å². The Balaban J connectivity index is 1.61. The van der Waals surface area contributed by atoms with Crippen LogP contribution in [0.3, 0.4) is 0 Å². The van der Waals surface area contributed by atoms with E-state index >= 15 is 0 Å². The molecule has 0 spiro atoms. The Kier molecular flexibility index (Phi) is 3.15. The van der Waals surface area contributed by atoms with Crippen LogP contribution in [0, 0.1) is 0 Å². The van der Waals surface area contributed by atoms with E-state index in [-0.39, 0.29) is 23.9 Å². The second kappa shape index (κ2) is 5.17. The molecule has 2 aromatic heterocycles. The van der Waals surface area contributed by atoms with Crippen molar-refractivity contribution >= 4 is 28.8 Å². The maximum Gasteiger partial charge on any atom is 0.273 e. The highest BCUT2D eigenvalue weighted by molar-refractivity contribution is 7.07. The van der Waals surface area contributed by atoms with Gasteiger partial charge in [-0.05, 0) is 18.6 Å². The van der Waals surface area contributed by atoms with Crippen LogP contribution < -0.4 is 4.90 Å². The van der Waals surface area contributed by atoms with Crippen LogP contribution in [-0.2, 0) is 4.79 Å². The Bertz CT molecular complexity index is 704. The van der Waals surface area contributed by atoms with Gasteiger partial charge in [0.15, 0.2) is 0 Å². The number of hydrogen-bond donors (Lipinski definition) is 0. The topological polar surface area (TPSA) is 66.4 Å². The molecule has 0 unspecified atom stereocenters. The molecule has 2 aliphatic rings. The van der Waals surface area contributed by atoms with Gasteiger partial charge in [-0.2, -0.15) is 0 Å². The smallest absolute Gasteiger partial charge is 0.273 e. The predicted molar refractivity (Wildman–Crippen MR) is 81.7 cm³/mol. The quantitative estimate of drug-likeness (QED) is 0.844. The third-order valence-corrected chi connectivity index (χ3v) is 4.92. The summed E-state index contributed by atoms with van der Waals surface area (Å²) >= 11 is 1.41. The maximum atomic E-state index is 12.5. The normalized spacial score (nSPS) is 23.9. The van der Waals surface area contributed by atoms with Crippen molar-refractivity contribution in [2.45, 2.75) is 24.9 Å². The number of amides is 2. The lowest BCUT2D eigenvalue weighted by Crippen LogP contribution is -2.40. The minimum atomic E-state index is -0.0745. The van der Waals surface area contributed by atoms with Gasteiger partial charge in [0, 0.05) is 24.5 Å². The summed E-state index contributed by atoms with van der Waals surface area (Å²) in [6.45, 7) is 0.662. The Morgan fingerprint density at radius 1 is 1.36 bits per heavy atom. The van der Waals surface area contributed by atoms with Gasteiger partial charge in [-0.1, -0.05) is 0 Å². The van der Waals surface area contributed by atoms with E-state index in [1.807, 2.05) is 12.1 Å². The Morgan fingerprint density at radius 3 is 3.00 bits per heavy atom. The molecule has 0 saturated carbocycles. The molecule has 2 saturated heterocycles. The molecule has 112 valence electrons. The van der Waals surface area contributed by atoms with E-state index in [2.05, 4.69) is 9.97 Å². The van der Waals surface area contributed by atoms with Gasteiger partial charge in [0.25, 0.3) is 5.91 Å². The van der Waals surface area contributed by atoms with Gasteiger partial charge in [0.1, 0.15) is 5.69 Å². The zero-order chi connectivity index (χ0) is 15.1. The van der Waals surface area contributed by atoms with Crippen molar-refractivity contribution < 1.29 is 9.59 Å². The van der Waals surface area contributed by atoms with Crippen LogP contribution in [0.1, 0.15) is 23.3 Å². The highest BCUT2D eigenvalue weighted by atomic mass is 32.1. The summed E-state index contributed by atoms with van der Waals surface area (Å²) in [5, 5.41) is 1.76. The van der Waals surface area contributed by atoms with Gasteiger partial charge in [-0.3, -0.25) is 14.6 Å². The number of hydrogen-bond acceptors (Lipinski definition) is 5. The fourth-order valence-electron chi connectivity index (χ4n) is 3.40. The molecule has 0 aromatic carbocycles. The molecule has 0 bridgehead atoms. The molecular weight excluding hydrogens is 300 g/mol. The summed E-state index contributed by atoms with van der Waals surface area (Å²) < 4.78 is 0. The molecule has 4 heterocycles. The molecule has 22 heavy (non-hydrogen) atoms. The van der Waals surface area contributed by atoms with Gasteiger partial charge in [0.05, 0.1) is 29.5 Å². The van der Waals surface area contributed by atoms with Crippen molar-refractivity contribution in [3.05, 3.63) is 41.1 Å². The number of likely N-dealkylation sites (tertiary alicyclic amines) is 1. The van der Waals surface area contributed by atoms with E-state index in [4.69, 9.17) is 0 Å². The van der Waals surface area contributed by atoms with E-state index in [1.165, 1.54) is 11.3 Å². The fourth-order valence-corrected chi connectivity index (χ4v) is 3.92. The second-order valence-electron chi connectivity index (χ2n) is 5.47. The lowest BCUT2D eigenvalue weighted by molar-refractivity contribution is -0.117. The Morgan fingerprint density at radius 2 is 2.27 bits per heavy atom. The lowest BCUT2D eigenvalue weighted by atomic mass is 10.1. The third kappa shape index (κ3) is 2.00. The monoisotopic (exact) mass is 314 g/mol. The molecule has 2 aromatic rings. The van der Waals surface area contributed by atoms with E-state index in [1.54, 1.807) is 33.1 Å². The highest BCUT2D eigenvalue weighted by Crippen LogP contribution is 2.36. The summed E-state index contributed by atoms with van der Waals surface area (Å²) in [6, 6.07) is 3.68. The number of fused-ring (bicyclic) bond motifs is 1. The van der Waals surface area contributed by atoms with Gasteiger partial charge in [-0.15, -0.1) is 11.3 Å². The van der Waals surface area contributed by atoms with Crippen molar-refractivity contribution in [3.8, 4) is 0 Å². The first-order valence-corrected chi connectivity index (χ1v) is 8.11. The van der Waals surface area contributed by atoms with Crippen LogP contribution in [0.5, 0.6) is 0 Å². The molecule has 6 nitrogen and oxygen atoms in total. The zero-order valence-corrected chi connectivity index (χ0v) is 12.6. The summed E-state index contributed by atoms with van der Waals surface area (Å²) in [7, 11) is 0. The molecule has 2 amide bonds. The summed E-state index contributed by atoms with van der Waals surface area (Å²) in [5.41, 5.74) is 2.93. The maximum absolute atomic E-state index is 12.5. The van der Waals surface area contributed by atoms with Gasteiger partial charge in [0.2, 0.25) is 5.91 Å². The van der Waals surface area contributed by atoms with E-state index in [0.29, 0.717) is 18.7 Å². The Hall–Kier alpha value is -2.28. The lowest BCUT2D eigenvalue weighted by Gasteiger charge is -2.24. The van der Waals surface area contributed by atoms with Gasteiger partial charge in [-0.25, -0.2) is 4.98 Å². The van der Waals surface area contributed by atoms with Crippen molar-refractivity contribution in [3.63, 3.8) is 0 Å². The number of aromatic nitrogens is 2. The number of anilines is 1. The van der Waals surface area contributed by atoms with Crippen LogP contribution in [0.2, 0.25) is 0 Å². The van der Waals surface area contributed by atoms with Gasteiger partial charge >= 0.3 is 0 Å². The van der Waals surface area contributed by atoms with Crippen molar-refractivity contribution in [1.29, 1.82) is 0 Å². The van der Waals surface area contributed by atoms with Crippen molar-refractivity contribution in [2.24, 2.45) is 0 Å². The van der Waals surface area contributed by atoms with Crippen molar-refractivity contribution in [1.82, 2.24) is 14.9 Å². The van der Waals surface area contributed by atoms with Crippen LogP contribution in [0.25, 0.3) is 0 Å². The van der Waals surface area contributed by atoms with Crippen LogP contribution in [0.15, 0.2) is 35.4 Å². The minimum absolute atomic E-state index is 0.0410. The first-order chi connectivity index (χ1) is 10.8.